The Balaban J connectivity index is 1.52. The Labute approximate surface area is 179 Å². The summed E-state index contributed by atoms with van der Waals surface area (Å²) >= 11 is 0. The van der Waals surface area contributed by atoms with Crippen LogP contribution in [0.4, 0.5) is 0 Å². The number of benzene rings is 2. The molecule has 1 N–H and O–H groups in total. The third kappa shape index (κ3) is 3.30. The molecule has 8 nitrogen and oxygen atoms in total. The van der Waals surface area contributed by atoms with Crippen LogP contribution in [-0.2, 0) is 16.1 Å². The number of hydrogen-bond acceptors (Lipinski definition) is 6. The summed E-state index contributed by atoms with van der Waals surface area (Å²) in [5.41, 5.74) is 1.59. The lowest BCUT2D eigenvalue weighted by atomic mass is 9.90. The van der Waals surface area contributed by atoms with Gasteiger partial charge in [0.2, 0.25) is 5.91 Å². The molecule has 4 unspecified atom stereocenters. The zero-order valence-electron chi connectivity index (χ0n) is 16.6. The molecule has 3 aromatic rings. The number of aliphatic hydroxyl groups is 1. The maximum atomic E-state index is 13.5. The highest BCUT2D eigenvalue weighted by Crippen LogP contribution is 2.35. The number of aliphatic hydroxyl groups excluding tert-OH is 1. The Morgan fingerprint density at radius 3 is 2.19 bits per heavy atom. The Morgan fingerprint density at radius 1 is 0.871 bits per heavy atom. The van der Waals surface area contributed by atoms with Crippen molar-refractivity contribution >= 4 is 11.8 Å². The number of hydrogen-bond donors (Lipinski definition) is 1. The van der Waals surface area contributed by atoms with Gasteiger partial charge in [-0.1, -0.05) is 72.8 Å². The van der Waals surface area contributed by atoms with Crippen LogP contribution in [0, 0.1) is 5.92 Å². The van der Waals surface area contributed by atoms with Gasteiger partial charge in [0.1, 0.15) is 24.8 Å². The predicted octanol–water partition coefficient (Wildman–Crippen LogP) is 1.44. The SMILES string of the molecule is O=C1C2C=CC(C(O)c3ccccc3)N(n3cnnc3)C2C(=O)N1Cc1ccccc1. The van der Waals surface area contributed by atoms with E-state index in [0.29, 0.717) is 5.56 Å². The van der Waals surface area contributed by atoms with E-state index in [0.717, 1.165) is 5.56 Å². The minimum Gasteiger partial charge on any atom is -0.386 e. The fraction of sp³-hybridized carbons (Fsp3) is 0.217. The van der Waals surface area contributed by atoms with Gasteiger partial charge in [-0.2, -0.15) is 0 Å². The lowest BCUT2D eigenvalue weighted by Crippen LogP contribution is -2.58. The highest BCUT2D eigenvalue weighted by atomic mass is 16.3. The summed E-state index contributed by atoms with van der Waals surface area (Å²) in [5.74, 6) is -1.19. The second kappa shape index (κ2) is 7.81. The zero-order valence-corrected chi connectivity index (χ0v) is 16.6. The summed E-state index contributed by atoms with van der Waals surface area (Å²) in [5, 5.41) is 20.6. The van der Waals surface area contributed by atoms with E-state index in [9.17, 15) is 14.7 Å². The largest absolute Gasteiger partial charge is 0.386 e. The minimum atomic E-state index is -0.910. The van der Waals surface area contributed by atoms with E-state index in [-0.39, 0.29) is 18.4 Å². The first kappa shape index (κ1) is 19.2. The van der Waals surface area contributed by atoms with E-state index in [2.05, 4.69) is 10.2 Å². The van der Waals surface area contributed by atoms with Crippen LogP contribution in [0.5, 0.6) is 0 Å². The minimum absolute atomic E-state index is 0.210. The van der Waals surface area contributed by atoms with Crippen LogP contribution < -0.4 is 5.01 Å². The van der Waals surface area contributed by atoms with Gasteiger partial charge in [-0.25, -0.2) is 4.68 Å². The monoisotopic (exact) mass is 415 g/mol. The number of carbonyl (C=O) groups excluding carboxylic acids is 2. The lowest BCUT2D eigenvalue weighted by molar-refractivity contribution is -0.139. The topological polar surface area (TPSA) is 91.6 Å². The van der Waals surface area contributed by atoms with Gasteiger partial charge in [-0.05, 0) is 11.1 Å². The molecule has 2 aliphatic heterocycles. The van der Waals surface area contributed by atoms with Crippen LogP contribution in [0.25, 0.3) is 0 Å². The highest BCUT2D eigenvalue weighted by Gasteiger charge is 2.53. The van der Waals surface area contributed by atoms with E-state index in [4.69, 9.17) is 0 Å². The maximum absolute atomic E-state index is 13.5. The molecule has 3 heterocycles. The normalized spacial score (nSPS) is 23.8. The van der Waals surface area contributed by atoms with Crippen molar-refractivity contribution in [3.05, 3.63) is 96.6 Å². The third-order valence-electron chi connectivity index (χ3n) is 5.84. The first-order valence-corrected chi connectivity index (χ1v) is 10.1. The summed E-state index contributed by atoms with van der Waals surface area (Å²) in [6, 6.07) is 17.3. The molecular weight excluding hydrogens is 394 g/mol. The molecule has 1 saturated heterocycles. The first-order chi connectivity index (χ1) is 15.1. The van der Waals surface area contributed by atoms with Gasteiger partial charge in [-0.3, -0.25) is 19.5 Å². The molecule has 2 aromatic carbocycles. The molecule has 2 amide bonds. The van der Waals surface area contributed by atoms with Crippen LogP contribution in [0.15, 0.2) is 85.5 Å². The second-order valence-corrected chi connectivity index (χ2v) is 7.67. The number of fused-ring (bicyclic) bond motifs is 1. The Kier molecular flexibility index (Phi) is 4.83. The second-order valence-electron chi connectivity index (χ2n) is 7.67. The number of amides is 2. The van der Waals surface area contributed by atoms with Crippen LogP contribution in [-0.4, -0.2) is 48.8 Å². The van der Waals surface area contributed by atoms with Gasteiger partial charge in [-0.15, -0.1) is 10.2 Å². The molecule has 0 aliphatic carbocycles. The third-order valence-corrected chi connectivity index (χ3v) is 5.84. The molecule has 0 saturated carbocycles. The Bertz CT molecular complexity index is 1100. The maximum Gasteiger partial charge on any atom is 0.255 e. The fourth-order valence-electron chi connectivity index (χ4n) is 4.34. The molecule has 1 aromatic heterocycles. The summed E-state index contributed by atoms with van der Waals surface area (Å²) in [4.78, 5) is 27.9. The van der Waals surface area contributed by atoms with Gasteiger partial charge in [0.15, 0.2) is 0 Å². The van der Waals surface area contributed by atoms with Gasteiger partial charge in [0.05, 0.1) is 18.5 Å². The van der Waals surface area contributed by atoms with Gasteiger partial charge >= 0.3 is 0 Å². The van der Waals surface area contributed by atoms with E-state index in [1.165, 1.54) is 17.6 Å². The Morgan fingerprint density at radius 2 is 1.52 bits per heavy atom. The molecule has 156 valence electrons. The van der Waals surface area contributed by atoms with E-state index >= 15 is 0 Å². The van der Waals surface area contributed by atoms with Crippen molar-refractivity contribution < 1.29 is 14.7 Å². The average molecular weight is 415 g/mol. The molecule has 0 bridgehead atoms. The fourth-order valence-corrected chi connectivity index (χ4v) is 4.34. The van der Waals surface area contributed by atoms with Crippen molar-refractivity contribution in [1.29, 1.82) is 0 Å². The lowest BCUT2D eigenvalue weighted by Gasteiger charge is -2.41. The van der Waals surface area contributed by atoms with Gasteiger partial charge in [0, 0.05) is 0 Å². The molecule has 0 spiro atoms. The molecular formula is C23H21N5O3. The number of aromatic nitrogens is 3. The standard InChI is InChI=1S/C23H21N5O3/c29-21(17-9-5-2-6-10-17)19-12-11-18-20(28(19)26-14-24-25-15-26)23(31)27(22(18)30)13-16-7-3-1-4-8-16/h1-12,14-15,18-21,29H,13H2. The average Bonchev–Trinajstić information content (AvgIpc) is 3.43. The summed E-state index contributed by atoms with van der Waals surface area (Å²) in [6.07, 6.45) is 5.56. The van der Waals surface area contributed by atoms with Gasteiger partial charge in [0.25, 0.3) is 5.91 Å². The molecule has 0 radical (unpaired) electrons. The predicted molar refractivity (Wildman–Crippen MR) is 112 cm³/mol. The van der Waals surface area contributed by atoms with Crippen LogP contribution in [0.3, 0.4) is 0 Å². The first-order valence-electron chi connectivity index (χ1n) is 10.1. The molecule has 31 heavy (non-hydrogen) atoms. The van der Waals surface area contributed by atoms with Crippen molar-refractivity contribution in [1.82, 2.24) is 19.8 Å². The summed E-state index contributed by atoms with van der Waals surface area (Å²) in [7, 11) is 0. The smallest absolute Gasteiger partial charge is 0.255 e. The number of likely N-dealkylation sites (tertiary alicyclic amines) is 1. The number of carbonyl (C=O) groups is 2. The molecule has 5 rings (SSSR count). The van der Waals surface area contributed by atoms with Crippen LogP contribution >= 0.6 is 0 Å². The van der Waals surface area contributed by atoms with Crippen molar-refractivity contribution in [3.63, 3.8) is 0 Å². The van der Waals surface area contributed by atoms with E-state index in [1.54, 1.807) is 21.8 Å². The van der Waals surface area contributed by atoms with Crippen LogP contribution in [0.1, 0.15) is 17.2 Å². The molecule has 1 fully saturated rings. The quantitative estimate of drug-likeness (QED) is 0.501. The highest BCUT2D eigenvalue weighted by molar-refractivity contribution is 6.09. The number of imide groups is 1. The Hall–Kier alpha value is -3.78. The van der Waals surface area contributed by atoms with Crippen LogP contribution in [0.2, 0.25) is 0 Å². The van der Waals surface area contributed by atoms with Gasteiger partial charge < -0.3 is 5.11 Å². The summed E-state index contributed by atoms with van der Waals surface area (Å²) < 4.78 is 1.58. The van der Waals surface area contributed by atoms with E-state index < -0.39 is 24.1 Å². The molecule has 2 aliphatic rings. The molecule has 8 heteroatoms. The van der Waals surface area contributed by atoms with Crippen molar-refractivity contribution in [2.75, 3.05) is 5.01 Å². The number of nitrogens with zero attached hydrogens (tertiary/aromatic N) is 5. The van der Waals surface area contributed by atoms with E-state index in [1.807, 2.05) is 60.7 Å². The number of rotatable bonds is 5. The van der Waals surface area contributed by atoms with Crippen molar-refractivity contribution in [3.8, 4) is 0 Å². The molecule has 4 atom stereocenters. The zero-order chi connectivity index (χ0) is 21.4. The van der Waals surface area contributed by atoms with Crippen molar-refractivity contribution in [2.24, 2.45) is 5.92 Å². The summed E-state index contributed by atoms with van der Waals surface area (Å²) in [6.45, 7) is 0.210. The van der Waals surface area contributed by atoms with Crippen molar-refractivity contribution in [2.45, 2.75) is 24.7 Å².